The zero-order chi connectivity index (χ0) is 17.2. The smallest absolute Gasteiger partial charge is 0.0805 e. The molecule has 2 atom stereocenters. The minimum Gasteiger partial charge on any atom is -0.366 e. The van der Waals surface area contributed by atoms with Gasteiger partial charge in [0.25, 0.3) is 0 Å². The van der Waals surface area contributed by atoms with Crippen LogP contribution in [-0.4, -0.2) is 0 Å². The Morgan fingerprint density at radius 3 is 1.44 bits per heavy atom. The zero-order valence-corrected chi connectivity index (χ0v) is 15.7. The highest BCUT2D eigenvalue weighted by Gasteiger charge is 2.17. The van der Waals surface area contributed by atoms with E-state index < -0.39 is 0 Å². The first-order valence-electron chi connectivity index (χ1n) is 10.1. The van der Waals surface area contributed by atoms with Gasteiger partial charge in [-0.25, -0.2) is 0 Å². The Kier molecular flexibility index (Phi) is 4.94. The molecule has 132 valence electrons. The summed E-state index contributed by atoms with van der Waals surface area (Å²) in [6, 6.07) is 14.0. The van der Waals surface area contributed by atoms with E-state index >= 15 is 0 Å². The van der Waals surface area contributed by atoms with Crippen LogP contribution in [0.4, 0.5) is 0 Å². The molecule has 0 radical (unpaired) electrons. The van der Waals surface area contributed by atoms with Gasteiger partial charge in [-0.05, 0) is 98.6 Å². The Morgan fingerprint density at radius 1 is 0.600 bits per heavy atom. The zero-order valence-electron chi connectivity index (χ0n) is 15.7. The molecule has 0 saturated carbocycles. The number of fused-ring (bicyclic) bond motifs is 2. The maximum atomic E-state index is 6.40. The number of hydrogen-bond acceptors (Lipinski definition) is 1. The van der Waals surface area contributed by atoms with E-state index in [2.05, 4.69) is 50.2 Å². The fourth-order valence-corrected chi connectivity index (χ4v) is 4.48. The van der Waals surface area contributed by atoms with Crippen molar-refractivity contribution in [3.63, 3.8) is 0 Å². The molecule has 0 aromatic heterocycles. The van der Waals surface area contributed by atoms with Crippen molar-refractivity contribution in [2.75, 3.05) is 0 Å². The van der Waals surface area contributed by atoms with Crippen molar-refractivity contribution in [3.05, 3.63) is 69.8 Å². The second kappa shape index (κ2) is 7.33. The highest BCUT2D eigenvalue weighted by Crippen LogP contribution is 2.31. The summed E-state index contributed by atoms with van der Waals surface area (Å²) in [4.78, 5) is 0. The molecule has 1 heteroatoms. The summed E-state index contributed by atoms with van der Waals surface area (Å²) >= 11 is 0. The van der Waals surface area contributed by atoms with Gasteiger partial charge in [0.1, 0.15) is 0 Å². The van der Waals surface area contributed by atoms with Gasteiger partial charge in [-0.15, -0.1) is 0 Å². The number of rotatable bonds is 4. The standard InChI is InChI=1S/C24H30O/c1-17(21-13-11-19-7-3-5-9-23(19)15-21)25-18(2)22-14-12-20-8-4-6-10-24(20)16-22/h11-18H,3-10H2,1-2H3. The fraction of sp³-hybridized carbons (Fsp3) is 0.500. The SMILES string of the molecule is CC(OC(C)c1ccc2c(c1)CCCC2)c1ccc2c(c1)CCCC2. The van der Waals surface area contributed by atoms with Crippen molar-refractivity contribution < 1.29 is 4.74 Å². The first kappa shape index (κ1) is 16.8. The Bertz CT molecular complexity index is 682. The lowest BCUT2D eigenvalue weighted by Gasteiger charge is -2.24. The number of hydrogen-bond donors (Lipinski definition) is 0. The van der Waals surface area contributed by atoms with Crippen molar-refractivity contribution in [1.82, 2.24) is 0 Å². The van der Waals surface area contributed by atoms with Gasteiger partial charge in [-0.2, -0.15) is 0 Å². The minimum absolute atomic E-state index is 0.137. The van der Waals surface area contributed by atoms with Crippen molar-refractivity contribution in [1.29, 1.82) is 0 Å². The molecular formula is C24H30O. The van der Waals surface area contributed by atoms with E-state index in [0.717, 1.165) is 0 Å². The molecule has 0 fully saturated rings. The molecule has 0 saturated heterocycles. The molecule has 0 N–H and O–H groups in total. The lowest BCUT2D eigenvalue weighted by atomic mass is 9.89. The maximum Gasteiger partial charge on any atom is 0.0805 e. The van der Waals surface area contributed by atoms with Crippen LogP contribution in [0.15, 0.2) is 36.4 Å². The monoisotopic (exact) mass is 334 g/mol. The van der Waals surface area contributed by atoms with Crippen LogP contribution in [-0.2, 0) is 30.4 Å². The Morgan fingerprint density at radius 2 is 1.00 bits per heavy atom. The topological polar surface area (TPSA) is 9.23 Å². The molecule has 0 amide bonds. The van der Waals surface area contributed by atoms with E-state index in [0.29, 0.717) is 0 Å². The average Bonchev–Trinajstić information content (AvgIpc) is 2.67. The first-order chi connectivity index (χ1) is 12.2. The number of ether oxygens (including phenoxy) is 1. The van der Waals surface area contributed by atoms with Crippen LogP contribution in [0.1, 0.15) is 85.1 Å². The molecule has 2 aromatic carbocycles. The molecule has 2 aliphatic rings. The molecule has 2 unspecified atom stereocenters. The third-order valence-electron chi connectivity index (χ3n) is 6.09. The van der Waals surface area contributed by atoms with Gasteiger partial charge in [0.2, 0.25) is 0 Å². The quantitative estimate of drug-likeness (QED) is 0.639. The third kappa shape index (κ3) is 3.67. The molecule has 0 spiro atoms. The van der Waals surface area contributed by atoms with Crippen LogP contribution >= 0.6 is 0 Å². The van der Waals surface area contributed by atoms with Gasteiger partial charge in [-0.3, -0.25) is 0 Å². The summed E-state index contributed by atoms with van der Waals surface area (Å²) < 4.78 is 6.40. The maximum absolute atomic E-state index is 6.40. The van der Waals surface area contributed by atoms with Crippen LogP contribution in [0.3, 0.4) is 0 Å². The predicted octanol–water partition coefficient (Wildman–Crippen LogP) is 6.28. The largest absolute Gasteiger partial charge is 0.366 e. The van der Waals surface area contributed by atoms with E-state index in [9.17, 15) is 0 Å². The summed E-state index contributed by atoms with van der Waals surface area (Å²) in [5.41, 5.74) is 8.83. The predicted molar refractivity (Wildman–Crippen MR) is 104 cm³/mol. The second-order valence-corrected chi connectivity index (χ2v) is 7.89. The minimum atomic E-state index is 0.137. The van der Waals surface area contributed by atoms with Crippen molar-refractivity contribution in [2.24, 2.45) is 0 Å². The molecule has 0 heterocycles. The Balaban J connectivity index is 1.47. The van der Waals surface area contributed by atoms with E-state index in [1.54, 1.807) is 22.3 Å². The van der Waals surface area contributed by atoms with Crippen molar-refractivity contribution >= 4 is 0 Å². The highest BCUT2D eigenvalue weighted by molar-refractivity contribution is 5.36. The number of aryl methyl sites for hydroxylation is 4. The number of benzene rings is 2. The van der Waals surface area contributed by atoms with Crippen LogP contribution < -0.4 is 0 Å². The van der Waals surface area contributed by atoms with Crippen LogP contribution in [0.2, 0.25) is 0 Å². The molecular weight excluding hydrogens is 304 g/mol. The third-order valence-corrected chi connectivity index (χ3v) is 6.09. The highest BCUT2D eigenvalue weighted by atomic mass is 16.5. The average molecular weight is 335 g/mol. The summed E-state index contributed by atoms with van der Waals surface area (Å²) in [5, 5.41) is 0. The van der Waals surface area contributed by atoms with Gasteiger partial charge < -0.3 is 4.74 Å². The summed E-state index contributed by atoms with van der Waals surface area (Å²) in [6.45, 7) is 4.39. The molecule has 4 rings (SSSR count). The van der Waals surface area contributed by atoms with Gasteiger partial charge >= 0.3 is 0 Å². The normalized spacial score (nSPS) is 19.0. The summed E-state index contributed by atoms with van der Waals surface area (Å²) in [7, 11) is 0. The molecule has 0 bridgehead atoms. The van der Waals surface area contributed by atoms with Gasteiger partial charge in [0.15, 0.2) is 0 Å². The summed E-state index contributed by atoms with van der Waals surface area (Å²) in [5.74, 6) is 0. The Labute approximate surface area is 152 Å². The van der Waals surface area contributed by atoms with Crippen LogP contribution in [0.5, 0.6) is 0 Å². The first-order valence-corrected chi connectivity index (χ1v) is 10.1. The van der Waals surface area contributed by atoms with Crippen molar-refractivity contribution in [2.45, 2.75) is 77.4 Å². The van der Waals surface area contributed by atoms with Gasteiger partial charge in [-0.1, -0.05) is 36.4 Å². The van der Waals surface area contributed by atoms with Crippen LogP contribution in [0, 0.1) is 0 Å². The summed E-state index contributed by atoms with van der Waals surface area (Å²) in [6.07, 6.45) is 10.6. The molecule has 0 aliphatic heterocycles. The molecule has 2 aliphatic carbocycles. The molecule has 25 heavy (non-hydrogen) atoms. The fourth-order valence-electron chi connectivity index (χ4n) is 4.48. The second-order valence-electron chi connectivity index (χ2n) is 7.89. The van der Waals surface area contributed by atoms with E-state index in [1.807, 2.05) is 0 Å². The van der Waals surface area contributed by atoms with Crippen molar-refractivity contribution in [3.8, 4) is 0 Å². The molecule has 1 nitrogen and oxygen atoms in total. The van der Waals surface area contributed by atoms with E-state index in [1.165, 1.54) is 62.5 Å². The van der Waals surface area contributed by atoms with E-state index in [-0.39, 0.29) is 12.2 Å². The lowest BCUT2D eigenvalue weighted by molar-refractivity contribution is 0.00576. The molecule has 2 aromatic rings. The van der Waals surface area contributed by atoms with E-state index in [4.69, 9.17) is 4.74 Å². The van der Waals surface area contributed by atoms with Gasteiger partial charge in [0.05, 0.1) is 12.2 Å². The Hall–Kier alpha value is -1.60. The lowest BCUT2D eigenvalue weighted by Crippen LogP contribution is -2.09. The van der Waals surface area contributed by atoms with Crippen LogP contribution in [0.25, 0.3) is 0 Å². The van der Waals surface area contributed by atoms with Gasteiger partial charge in [0, 0.05) is 0 Å².